The predicted molar refractivity (Wildman–Crippen MR) is 102 cm³/mol. The van der Waals surface area contributed by atoms with Crippen molar-refractivity contribution in [3.63, 3.8) is 0 Å². The third-order valence-electron chi connectivity index (χ3n) is 6.11. The number of hydrogen-bond acceptors (Lipinski definition) is 3. The second-order valence-electron chi connectivity index (χ2n) is 8.33. The zero-order valence-electron chi connectivity index (χ0n) is 15.6. The lowest BCUT2D eigenvalue weighted by Gasteiger charge is -2.23. The highest BCUT2D eigenvalue weighted by atomic mass is 16.2. The maximum atomic E-state index is 12.3. The first-order chi connectivity index (χ1) is 12.1. The summed E-state index contributed by atoms with van der Waals surface area (Å²) in [4.78, 5) is 14.3. The number of carbonyl (C=O) groups is 1. The number of anilines is 1. The van der Waals surface area contributed by atoms with Gasteiger partial charge in [0.05, 0.1) is 0 Å². The lowest BCUT2D eigenvalue weighted by atomic mass is 9.98. The Kier molecular flexibility index (Phi) is 4.83. The summed E-state index contributed by atoms with van der Waals surface area (Å²) >= 11 is 0. The molecule has 4 rings (SSSR count). The van der Waals surface area contributed by atoms with Crippen LogP contribution in [0.2, 0.25) is 0 Å². The zero-order valence-corrected chi connectivity index (χ0v) is 15.6. The summed E-state index contributed by atoms with van der Waals surface area (Å²) in [5, 5.41) is 7.23. The lowest BCUT2D eigenvalue weighted by Crippen LogP contribution is -2.34. The molecular weight excluding hydrogens is 310 g/mol. The van der Waals surface area contributed by atoms with Crippen LogP contribution in [0, 0.1) is 11.8 Å². The van der Waals surface area contributed by atoms with Gasteiger partial charge >= 0.3 is 0 Å². The number of benzene rings is 1. The Morgan fingerprint density at radius 3 is 2.88 bits per heavy atom. The summed E-state index contributed by atoms with van der Waals surface area (Å²) in [6, 6.07) is 7.45. The van der Waals surface area contributed by atoms with Crippen molar-refractivity contribution in [2.75, 3.05) is 31.1 Å². The van der Waals surface area contributed by atoms with Gasteiger partial charge in [0.15, 0.2) is 0 Å². The maximum Gasteiger partial charge on any atom is 0.229 e. The molecule has 0 spiro atoms. The summed E-state index contributed by atoms with van der Waals surface area (Å²) in [5.74, 6) is 1.83. The molecule has 4 heteroatoms. The van der Waals surface area contributed by atoms with Gasteiger partial charge in [-0.15, -0.1) is 0 Å². The van der Waals surface area contributed by atoms with Crippen LogP contribution in [0.5, 0.6) is 0 Å². The molecule has 25 heavy (non-hydrogen) atoms. The van der Waals surface area contributed by atoms with Gasteiger partial charge in [0, 0.05) is 30.1 Å². The van der Waals surface area contributed by atoms with Crippen molar-refractivity contribution < 1.29 is 4.79 Å². The Balaban J connectivity index is 1.35. The Bertz CT molecular complexity index is 636. The van der Waals surface area contributed by atoms with Gasteiger partial charge in [-0.3, -0.25) is 4.79 Å². The van der Waals surface area contributed by atoms with Gasteiger partial charge in [0.2, 0.25) is 5.91 Å². The molecule has 0 aromatic heterocycles. The minimum absolute atomic E-state index is 0.0672. The predicted octanol–water partition coefficient (Wildman–Crippen LogP) is 2.68. The molecule has 2 aliphatic heterocycles. The van der Waals surface area contributed by atoms with E-state index in [-0.39, 0.29) is 11.8 Å². The number of hydrogen-bond donors (Lipinski definition) is 2. The highest BCUT2D eigenvalue weighted by Gasteiger charge is 2.39. The first-order valence-corrected chi connectivity index (χ1v) is 10.0. The number of fused-ring (bicyclic) bond motifs is 1. The monoisotopic (exact) mass is 341 g/mol. The molecule has 1 saturated heterocycles. The van der Waals surface area contributed by atoms with Crippen molar-refractivity contribution in [1.82, 2.24) is 10.6 Å². The van der Waals surface area contributed by atoms with Crippen LogP contribution in [0.3, 0.4) is 0 Å². The molecule has 1 amide bonds. The number of rotatable bonds is 5. The summed E-state index contributed by atoms with van der Waals surface area (Å²) in [6.45, 7) is 8.34. The number of nitrogens with zero attached hydrogens (tertiary/aromatic N) is 1. The van der Waals surface area contributed by atoms with Crippen molar-refractivity contribution in [3.8, 4) is 0 Å². The van der Waals surface area contributed by atoms with Crippen LogP contribution in [0.1, 0.15) is 50.2 Å². The number of amides is 1. The van der Waals surface area contributed by atoms with Crippen LogP contribution < -0.4 is 15.5 Å². The first kappa shape index (κ1) is 17.0. The number of carbonyl (C=O) groups excluding carboxylic acids is 1. The van der Waals surface area contributed by atoms with E-state index in [0.29, 0.717) is 12.0 Å². The molecule has 2 atom stereocenters. The van der Waals surface area contributed by atoms with Crippen LogP contribution in [-0.4, -0.2) is 38.1 Å². The molecule has 1 aliphatic carbocycles. The third kappa shape index (κ3) is 3.61. The van der Waals surface area contributed by atoms with E-state index in [4.69, 9.17) is 0 Å². The summed E-state index contributed by atoms with van der Waals surface area (Å²) in [7, 11) is 0. The third-order valence-corrected chi connectivity index (χ3v) is 6.11. The molecule has 3 aliphatic rings. The molecule has 2 N–H and O–H groups in total. The minimum atomic E-state index is 0.0672. The van der Waals surface area contributed by atoms with E-state index < -0.39 is 0 Å². The second kappa shape index (κ2) is 7.08. The fourth-order valence-electron chi connectivity index (χ4n) is 4.39. The van der Waals surface area contributed by atoms with Crippen molar-refractivity contribution in [2.45, 2.75) is 51.5 Å². The van der Waals surface area contributed by atoms with Gasteiger partial charge in [-0.05, 0) is 68.4 Å². The quantitative estimate of drug-likeness (QED) is 0.865. The molecular formula is C21H31N3O. The van der Waals surface area contributed by atoms with Crippen LogP contribution >= 0.6 is 0 Å². The smallest absolute Gasteiger partial charge is 0.229 e. The summed E-state index contributed by atoms with van der Waals surface area (Å²) in [5.41, 5.74) is 3.96. The standard InChI is InChI=1S/C21H31N3O/c1-14(2)21(25)24-10-7-17-11-16(3-4-20(17)24)18-12-19(18)23-13-15-5-8-22-9-6-15/h3-4,11,14-15,18-19,22-23H,5-10,12-13H2,1-2H3/t18-,19+/m0/s1. The molecule has 0 radical (unpaired) electrons. The van der Waals surface area contributed by atoms with Crippen LogP contribution in [0.15, 0.2) is 18.2 Å². The molecule has 0 bridgehead atoms. The highest BCUT2D eigenvalue weighted by molar-refractivity contribution is 5.96. The number of piperidine rings is 1. The van der Waals surface area contributed by atoms with E-state index in [9.17, 15) is 4.79 Å². The second-order valence-corrected chi connectivity index (χ2v) is 8.33. The molecule has 4 nitrogen and oxygen atoms in total. The van der Waals surface area contributed by atoms with Crippen molar-refractivity contribution in [1.29, 1.82) is 0 Å². The molecule has 2 fully saturated rings. The van der Waals surface area contributed by atoms with Gasteiger partial charge in [0.25, 0.3) is 0 Å². The largest absolute Gasteiger partial charge is 0.317 e. The summed E-state index contributed by atoms with van der Waals surface area (Å²) < 4.78 is 0. The van der Waals surface area contributed by atoms with Gasteiger partial charge in [-0.2, -0.15) is 0 Å². The Morgan fingerprint density at radius 2 is 2.12 bits per heavy atom. The van der Waals surface area contributed by atoms with E-state index in [1.54, 1.807) is 0 Å². The highest BCUT2D eigenvalue weighted by Crippen LogP contribution is 2.43. The fraction of sp³-hybridized carbons (Fsp3) is 0.667. The van der Waals surface area contributed by atoms with Crippen LogP contribution in [0.4, 0.5) is 5.69 Å². The van der Waals surface area contributed by atoms with Gasteiger partial charge in [-0.25, -0.2) is 0 Å². The van der Waals surface area contributed by atoms with E-state index >= 15 is 0 Å². The lowest BCUT2D eigenvalue weighted by molar-refractivity contribution is -0.121. The van der Waals surface area contributed by atoms with Gasteiger partial charge < -0.3 is 15.5 Å². The zero-order chi connectivity index (χ0) is 17.4. The van der Waals surface area contributed by atoms with E-state index in [0.717, 1.165) is 24.6 Å². The van der Waals surface area contributed by atoms with Crippen molar-refractivity contribution in [3.05, 3.63) is 29.3 Å². The topological polar surface area (TPSA) is 44.4 Å². The van der Waals surface area contributed by atoms with E-state index in [1.165, 1.54) is 50.0 Å². The molecule has 136 valence electrons. The maximum absolute atomic E-state index is 12.3. The van der Waals surface area contributed by atoms with E-state index in [2.05, 4.69) is 28.8 Å². The van der Waals surface area contributed by atoms with Crippen LogP contribution in [0.25, 0.3) is 0 Å². The molecule has 2 heterocycles. The fourth-order valence-corrected chi connectivity index (χ4v) is 4.39. The minimum Gasteiger partial charge on any atom is -0.317 e. The average molecular weight is 341 g/mol. The normalized spacial score (nSPS) is 26.1. The average Bonchev–Trinajstić information content (AvgIpc) is 3.29. The Morgan fingerprint density at radius 1 is 1.32 bits per heavy atom. The summed E-state index contributed by atoms with van der Waals surface area (Å²) in [6.07, 6.45) is 4.88. The molecule has 0 unspecified atom stereocenters. The van der Waals surface area contributed by atoms with Crippen molar-refractivity contribution >= 4 is 11.6 Å². The van der Waals surface area contributed by atoms with Gasteiger partial charge in [0.1, 0.15) is 0 Å². The van der Waals surface area contributed by atoms with Gasteiger partial charge in [-0.1, -0.05) is 26.0 Å². The molecule has 1 aromatic rings. The van der Waals surface area contributed by atoms with E-state index in [1.807, 2.05) is 18.7 Å². The molecule has 1 aromatic carbocycles. The number of nitrogens with one attached hydrogen (secondary N) is 2. The SMILES string of the molecule is CC(C)C(=O)N1CCc2cc([C@@H]3C[C@H]3NCC3CCNCC3)ccc21. The Labute approximate surface area is 151 Å². The van der Waals surface area contributed by atoms with Crippen LogP contribution in [-0.2, 0) is 11.2 Å². The first-order valence-electron chi connectivity index (χ1n) is 10.0. The van der Waals surface area contributed by atoms with Crippen molar-refractivity contribution in [2.24, 2.45) is 11.8 Å². The molecule has 1 saturated carbocycles. The Hall–Kier alpha value is -1.39.